The van der Waals surface area contributed by atoms with Gasteiger partial charge in [0.05, 0.1) is 13.2 Å². The van der Waals surface area contributed by atoms with E-state index in [2.05, 4.69) is 10.3 Å². The van der Waals surface area contributed by atoms with Crippen LogP contribution in [0.5, 0.6) is 0 Å². The summed E-state index contributed by atoms with van der Waals surface area (Å²) in [5.41, 5.74) is 7.56. The molecule has 2 heterocycles. The van der Waals surface area contributed by atoms with Gasteiger partial charge in [0.2, 0.25) is 0 Å². The second-order valence-corrected chi connectivity index (χ2v) is 6.95. The van der Waals surface area contributed by atoms with Gasteiger partial charge in [-0.05, 0) is 30.7 Å². The van der Waals surface area contributed by atoms with Crippen molar-refractivity contribution in [2.75, 3.05) is 13.2 Å². The van der Waals surface area contributed by atoms with E-state index in [9.17, 15) is 4.79 Å². The van der Waals surface area contributed by atoms with E-state index >= 15 is 0 Å². The van der Waals surface area contributed by atoms with Gasteiger partial charge >= 0.3 is 0 Å². The third kappa shape index (κ3) is 2.91. The van der Waals surface area contributed by atoms with Crippen LogP contribution in [-0.4, -0.2) is 42.0 Å². The predicted molar refractivity (Wildman–Crippen MR) is 91.0 cm³/mol. The summed E-state index contributed by atoms with van der Waals surface area (Å²) in [6.07, 6.45) is 2.10. The number of hydrogen-bond acceptors (Lipinski definition) is 4. The molecule has 2 fully saturated rings. The van der Waals surface area contributed by atoms with Gasteiger partial charge in [-0.25, -0.2) is 0 Å². The zero-order valence-corrected chi connectivity index (χ0v) is 13.9. The lowest BCUT2D eigenvalue weighted by Crippen LogP contribution is -2.56. The molecule has 1 aromatic carbocycles. The zero-order chi connectivity index (χ0) is 16.7. The molecular formula is C17H20ClN3O3. The monoisotopic (exact) mass is 349 g/mol. The quantitative estimate of drug-likeness (QED) is 0.775. The fourth-order valence-electron chi connectivity index (χ4n) is 3.57. The van der Waals surface area contributed by atoms with Crippen LogP contribution in [0.1, 0.15) is 29.8 Å². The lowest BCUT2D eigenvalue weighted by atomic mass is 9.86. The first kappa shape index (κ1) is 15.9. The van der Waals surface area contributed by atoms with Crippen LogP contribution in [0, 0.1) is 0 Å². The molecule has 7 heteroatoms. The fourth-order valence-corrected chi connectivity index (χ4v) is 3.75. The number of rotatable bonds is 2. The highest BCUT2D eigenvalue weighted by atomic mass is 35.5. The molecule has 0 bridgehead atoms. The van der Waals surface area contributed by atoms with Crippen LogP contribution in [0.3, 0.4) is 0 Å². The number of nitrogens with one attached hydrogen (secondary N) is 2. The van der Waals surface area contributed by atoms with Gasteiger partial charge in [-0.3, -0.25) is 4.79 Å². The first-order chi connectivity index (χ1) is 11.5. The first-order valence-corrected chi connectivity index (χ1v) is 8.55. The second kappa shape index (κ2) is 6.04. The number of amides is 1. The molecule has 6 nitrogen and oxygen atoms in total. The number of nitrogens with two attached hydrogens (primary N) is 1. The van der Waals surface area contributed by atoms with Crippen LogP contribution < -0.4 is 11.1 Å². The molecule has 1 amide bonds. The minimum Gasteiger partial charge on any atom is -0.351 e. The standard InChI is InChI=1S/C17H20ClN3O3/c18-11-1-2-13-10(7-11)8-14(20-13)16(22)21-15-9-17(4-3-12(15)19)23-5-6-24-17/h1-2,7-8,12,15,20H,3-6,9,19H2,(H,21,22)/t12-,15+/m0/s1. The summed E-state index contributed by atoms with van der Waals surface area (Å²) in [5.74, 6) is -0.764. The first-order valence-electron chi connectivity index (χ1n) is 8.17. The van der Waals surface area contributed by atoms with E-state index in [4.69, 9.17) is 26.8 Å². The summed E-state index contributed by atoms with van der Waals surface area (Å²) in [4.78, 5) is 15.7. The van der Waals surface area contributed by atoms with Crippen LogP contribution in [0.25, 0.3) is 10.9 Å². The number of H-pyrrole nitrogens is 1. The molecule has 0 unspecified atom stereocenters. The Kier molecular flexibility index (Phi) is 4.00. The summed E-state index contributed by atoms with van der Waals surface area (Å²) in [5, 5.41) is 4.56. The Balaban J connectivity index is 1.51. The average molecular weight is 350 g/mol. The molecule has 1 aliphatic heterocycles. The number of carbonyl (C=O) groups is 1. The van der Waals surface area contributed by atoms with Crippen molar-refractivity contribution in [2.45, 2.75) is 37.1 Å². The molecule has 24 heavy (non-hydrogen) atoms. The normalized spacial score (nSPS) is 26.1. The van der Waals surface area contributed by atoms with Crippen LogP contribution in [0.15, 0.2) is 24.3 Å². The third-order valence-corrected chi connectivity index (χ3v) is 5.10. The lowest BCUT2D eigenvalue weighted by Gasteiger charge is -2.39. The molecule has 1 saturated carbocycles. The molecule has 1 spiro atoms. The van der Waals surface area contributed by atoms with Crippen molar-refractivity contribution in [2.24, 2.45) is 5.73 Å². The number of fused-ring (bicyclic) bond motifs is 1. The molecule has 1 saturated heterocycles. The molecule has 0 radical (unpaired) electrons. The minimum atomic E-state index is -0.582. The van der Waals surface area contributed by atoms with Gasteiger partial charge in [0.1, 0.15) is 5.69 Å². The van der Waals surface area contributed by atoms with Gasteiger partial charge in [0.25, 0.3) is 5.91 Å². The van der Waals surface area contributed by atoms with Crippen molar-refractivity contribution < 1.29 is 14.3 Å². The summed E-state index contributed by atoms with van der Waals surface area (Å²) in [6.45, 7) is 1.19. The molecule has 4 N–H and O–H groups in total. The molecular weight excluding hydrogens is 330 g/mol. The van der Waals surface area contributed by atoms with E-state index in [1.165, 1.54) is 0 Å². The average Bonchev–Trinajstić information content (AvgIpc) is 3.18. The van der Waals surface area contributed by atoms with Crippen molar-refractivity contribution in [1.82, 2.24) is 10.3 Å². The summed E-state index contributed by atoms with van der Waals surface area (Å²) >= 11 is 5.99. The number of aromatic nitrogens is 1. The molecule has 4 rings (SSSR count). The molecule has 2 aromatic rings. The van der Waals surface area contributed by atoms with Crippen LogP contribution >= 0.6 is 11.6 Å². The van der Waals surface area contributed by atoms with Crippen LogP contribution in [-0.2, 0) is 9.47 Å². The highest BCUT2D eigenvalue weighted by Gasteiger charge is 2.44. The largest absolute Gasteiger partial charge is 0.351 e. The molecule has 1 aliphatic carbocycles. The number of aromatic amines is 1. The molecule has 2 atom stereocenters. The Hall–Kier alpha value is -1.60. The second-order valence-electron chi connectivity index (χ2n) is 6.51. The summed E-state index contributed by atoms with van der Waals surface area (Å²) in [7, 11) is 0. The van der Waals surface area contributed by atoms with Gasteiger partial charge in [0, 0.05) is 40.9 Å². The van der Waals surface area contributed by atoms with Crippen LogP contribution in [0.2, 0.25) is 5.02 Å². The Bertz CT molecular complexity index is 770. The van der Waals surface area contributed by atoms with E-state index < -0.39 is 5.79 Å². The van der Waals surface area contributed by atoms with E-state index in [1.54, 1.807) is 12.1 Å². The summed E-state index contributed by atoms with van der Waals surface area (Å²) < 4.78 is 11.5. The maximum Gasteiger partial charge on any atom is 0.268 e. The smallest absolute Gasteiger partial charge is 0.268 e. The Morgan fingerprint density at radius 2 is 2.12 bits per heavy atom. The van der Waals surface area contributed by atoms with Gasteiger partial charge < -0.3 is 25.5 Å². The van der Waals surface area contributed by atoms with Crippen LogP contribution in [0.4, 0.5) is 0 Å². The summed E-state index contributed by atoms with van der Waals surface area (Å²) in [6, 6.07) is 6.98. The number of ether oxygens (including phenoxy) is 2. The van der Waals surface area contributed by atoms with Crippen molar-refractivity contribution in [3.63, 3.8) is 0 Å². The highest BCUT2D eigenvalue weighted by molar-refractivity contribution is 6.31. The Morgan fingerprint density at radius 3 is 2.92 bits per heavy atom. The van der Waals surface area contributed by atoms with E-state index in [0.29, 0.717) is 30.4 Å². The van der Waals surface area contributed by atoms with Crippen molar-refractivity contribution in [3.05, 3.63) is 35.0 Å². The minimum absolute atomic E-state index is 0.105. The maximum atomic E-state index is 12.6. The molecule has 128 valence electrons. The fraction of sp³-hybridized carbons (Fsp3) is 0.471. The van der Waals surface area contributed by atoms with Crippen molar-refractivity contribution in [1.29, 1.82) is 0 Å². The molecule has 1 aromatic heterocycles. The van der Waals surface area contributed by atoms with E-state index in [-0.39, 0.29) is 18.0 Å². The Labute approximate surface area is 144 Å². The van der Waals surface area contributed by atoms with Gasteiger partial charge in [0.15, 0.2) is 5.79 Å². The number of carbonyl (C=O) groups excluding carboxylic acids is 1. The van der Waals surface area contributed by atoms with Crippen molar-refractivity contribution in [3.8, 4) is 0 Å². The van der Waals surface area contributed by atoms with Gasteiger partial charge in [-0.1, -0.05) is 11.6 Å². The lowest BCUT2D eigenvalue weighted by molar-refractivity contribution is -0.183. The molecule has 2 aliphatic rings. The maximum absolute atomic E-state index is 12.6. The SMILES string of the molecule is N[C@H]1CCC2(C[C@H]1NC(=O)c1cc3cc(Cl)ccc3[nH]1)OCCO2. The number of benzene rings is 1. The topological polar surface area (TPSA) is 89.4 Å². The predicted octanol–water partition coefficient (Wildman–Crippen LogP) is 2.17. The Morgan fingerprint density at radius 1 is 1.33 bits per heavy atom. The number of halogens is 1. The van der Waals surface area contributed by atoms with Gasteiger partial charge in [-0.2, -0.15) is 0 Å². The van der Waals surface area contributed by atoms with E-state index in [1.807, 2.05) is 12.1 Å². The van der Waals surface area contributed by atoms with E-state index in [0.717, 1.165) is 23.7 Å². The third-order valence-electron chi connectivity index (χ3n) is 4.86. The number of hydrogen-bond donors (Lipinski definition) is 3. The highest BCUT2D eigenvalue weighted by Crippen LogP contribution is 2.35. The zero-order valence-electron chi connectivity index (χ0n) is 13.2. The van der Waals surface area contributed by atoms with Gasteiger partial charge in [-0.15, -0.1) is 0 Å². The van der Waals surface area contributed by atoms with Crippen molar-refractivity contribution >= 4 is 28.4 Å².